The molecule has 1 rings (SSSR count). The highest BCUT2D eigenvalue weighted by atomic mass is 31.2. The van der Waals surface area contributed by atoms with Gasteiger partial charge in [-0.05, 0) is 38.5 Å². The molecule has 1 aliphatic rings. The van der Waals surface area contributed by atoms with Crippen LogP contribution in [0.2, 0.25) is 0 Å². The number of hydrogen-bond donors (Lipinski definition) is 0. The molecule has 5 heteroatoms. The maximum atomic E-state index is 11.6. The Balaban J connectivity index is 2.27. The molecule has 1 saturated carbocycles. The number of hydrogen-bond acceptors (Lipinski definition) is 3. The third-order valence-electron chi connectivity index (χ3n) is 3.60. The molecule has 112 valence electrons. The van der Waals surface area contributed by atoms with E-state index in [4.69, 9.17) is 4.84 Å². The van der Waals surface area contributed by atoms with Crippen LogP contribution in [0.5, 0.6) is 0 Å². The monoisotopic (exact) mass is 289 g/mol. The molecule has 1 aliphatic carbocycles. The van der Waals surface area contributed by atoms with Crippen molar-refractivity contribution in [1.82, 2.24) is 5.06 Å². The van der Waals surface area contributed by atoms with E-state index in [-0.39, 0.29) is 5.91 Å². The third-order valence-corrected chi connectivity index (χ3v) is 4.99. The number of nitrogens with zero attached hydrogens (tertiary/aromatic N) is 1. The highest BCUT2D eigenvalue weighted by Gasteiger charge is 2.17. The van der Waals surface area contributed by atoms with Crippen molar-refractivity contribution < 1.29 is 14.2 Å². The lowest BCUT2D eigenvalue weighted by molar-refractivity contribution is -0.189. The molecule has 0 radical (unpaired) electrons. The van der Waals surface area contributed by atoms with Crippen LogP contribution in [0.25, 0.3) is 0 Å². The summed E-state index contributed by atoms with van der Waals surface area (Å²) >= 11 is 0. The van der Waals surface area contributed by atoms with Gasteiger partial charge in [0, 0.05) is 19.6 Å². The van der Waals surface area contributed by atoms with E-state index in [0.717, 1.165) is 6.42 Å². The molecule has 0 aliphatic heterocycles. The first kappa shape index (κ1) is 16.7. The van der Waals surface area contributed by atoms with Gasteiger partial charge < -0.3 is 4.57 Å². The summed E-state index contributed by atoms with van der Waals surface area (Å²) in [5.41, 5.74) is 0. The molecule has 0 unspecified atom stereocenters. The van der Waals surface area contributed by atoms with Crippen molar-refractivity contribution in [3.8, 4) is 0 Å². The van der Waals surface area contributed by atoms with Gasteiger partial charge >= 0.3 is 0 Å². The van der Waals surface area contributed by atoms with Crippen LogP contribution in [0.1, 0.15) is 45.4 Å². The van der Waals surface area contributed by atoms with E-state index in [9.17, 15) is 9.36 Å². The lowest BCUT2D eigenvalue weighted by Gasteiger charge is -2.26. The van der Waals surface area contributed by atoms with Crippen LogP contribution in [0.15, 0.2) is 0 Å². The molecule has 1 fully saturated rings. The third kappa shape index (κ3) is 7.74. The Morgan fingerprint density at radius 1 is 1.26 bits per heavy atom. The number of amides is 1. The van der Waals surface area contributed by atoms with E-state index in [1.807, 2.05) is 0 Å². The second-order valence-electron chi connectivity index (χ2n) is 6.07. The summed E-state index contributed by atoms with van der Waals surface area (Å²) in [5, 5.41) is 1.45. The lowest BCUT2D eigenvalue weighted by Crippen LogP contribution is -2.32. The van der Waals surface area contributed by atoms with Gasteiger partial charge in [-0.2, -0.15) is 0 Å². The predicted molar refractivity (Wildman–Crippen MR) is 78.9 cm³/mol. The first-order chi connectivity index (χ1) is 8.88. The Hall–Kier alpha value is -0.340. The van der Waals surface area contributed by atoms with Gasteiger partial charge in [-0.1, -0.05) is 19.3 Å². The molecule has 0 heterocycles. The van der Waals surface area contributed by atoms with Gasteiger partial charge in [-0.15, -0.1) is 0 Å². The Morgan fingerprint density at radius 2 is 1.89 bits per heavy atom. The zero-order chi connectivity index (χ0) is 14.3. The molecule has 0 spiro atoms. The summed E-state index contributed by atoms with van der Waals surface area (Å²) in [5.74, 6) is 0.539. The summed E-state index contributed by atoms with van der Waals surface area (Å²) in [4.78, 5) is 17.2. The predicted octanol–water partition coefficient (Wildman–Crippen LogP) is 3.36. The van der Waals surface area contributed by atoms with Crippen molar-refractivity contribution in [2.24, 2.45) is 5.92 Å². The normalized spacial score (nSPS) is 17.4. The van der Waals surface area contributed by atoms with E-state index >= 15 is 0 Å². The molecule has 0 bridgehead atoms. The molecule has 0 N–H and O–H groups in total. The van der Waals surface area contributed by atoms with E-state index in [1.165, 1.54) is 44.1 Å². The van der Waals surface area contributed by atoms with Crippen LogP contribution < -0.4 is 0 Å². The summed E-state index contributed by atoms with van der Waals surface area (Å²) in [6.45, 7) is 6.30. The smallest absolute Gasteiger partial charge is 0.242 e. The maximum absolute atomic E-state index is 11.6. The van der Waals surface area contributed by atoms with Gasteiger partial charge in [0.15, 0.2) is 0 Å². The molecule has 19 heavy (non-hydrogen) atoms. The molecule has 0 atom stereocenters. The minimum atomic E-state index is -1.99. The molecule has 0 aromatic heterocycles. The van der Waals surface area contributed by atoms with Crippen LogP contribution in [-0.4, -0.2) is 43.6 Å². The first-order valence-electron chi connectivity index (χ1n) is 7.33. The Bertz CT molecular complexity index is 321. The summed E-state index contributed by atoms with van der Waals surface area (Å²) < 4.78 is 11.6. The Labute approximate surface area is 117 Å². The molecular formula is C14H28NO3P. The van der Waals surface area contributed by atoms with Gasteiger partial charge in [-0.25, -0.2) is 5.06 Å². The minimum Gasteiger partial charge on any atom is -0.324 e. The minimum absolute atomic E-state index is 0.0575. The van der Waals surface area contributed by atoms with Crippen molar-refractivity contribution in [3.05, 3.63) is 0 Å². The average Bonchev–Trinajstić information content (AvgIpc) is 2.33. The van der Waals surface area contributed by atoms with Crippen LogP contribution >= 0.6 is 7.14 Å². The Kier molecular flexibility index (Phi) is 7.09. The van der Waals surface area contributed by atoms with E-state index in [1.54, 1.807) is 13.3 Å². The largest absolute Gasteiger partial charge is 0.324 e. The topological polar surface area (TPSA) is 46.6 Å². The van der Waals surface area contributed by atoms with Crippen LogP contribution in [0.4, 0.5) is 0 Å². The molecule has 4 nitrogen and oxygen atoms in total. The molecule has 0 aromatic carbocycles. The number of rotatable bonds is 7. The average molecular weight is 289 g/mol. The first-order valence-corrected chi connectivity index (χ1v) is 10.1. The zero-order valence-corrected chi connectivity index (χ0v) is 13.5. The number of carbonyl (C=O) groups excluding carboxylic acids is 1. The van der Waals surface area contributed by atoms with Crippen LogP contribution in [0, 0.1) is 5.92 Å². The van der Waals surface area contributed by atoms with Gasteiger partial charge in [0.05, 0.1) is 13.7 Å². The zero-order valence-electron chi connectivity index (χ0n) is 12.6. The summed E-state index contributed by atoms with van der Waals surface area (Å²) in [6.07, 6.45) is 7.73. The lowest BCUT2D eigenvalue weighted by atomic mass is 9.90. The number of hydroxylamine groups is 2. The van der Waals surface area contributed by atoms with Crippen molar-refractivity contribution in [1.29, 1.82) is 0 Å². The fraction of sp³-hybridized carbons (Fsp3) is 0.929. The van der Waals surface area contributed by atoms with Gasteiger partial charge in [-0.3, -0.25) is 9.63 Å². The van der Waals surface area contributed by atoms with Crippen LogP contribution in [-0.2, 0) is 14.2 Å². The fourth-order valence-corrected chi connectivity index (χ4v) is 3.36. The van der Waals surface area contributed by atoms with E-state index in [0.29, 0.717) is 25.2 Å². The van der Waals surface area contributed by atoms with Crippen LogP contribution in [0.3, 0.4) is 0 Å². The maximum Gasteiger partial charge on any atom is 0.242 e. The summed E-state index contributed by atoms with van der Waals surface area (Å²) in [6, 6.07) is 0. The molecular weight excluding hydrogens is 261 g/mol. The number of carbonyl (C=O) groups is 1. The second kappa shape index (κ2) is 8.06. The quantitative estimate of drug-likeness (QED) is 0.533. The fourth-order valence-electron chi connectivity index (χ4n) is 2.46. The summed E-state index contributed by atoms with van der Waals surface area (Å²) in [7, 11) is -1.99. The molecule has 0 aromatic rings. The van der Waals surface area contributed by atoms with E-state index in [2.05, 4.69) is 0 Å². The standard InChI is InChI=1S/C14H28NO3P/c1-13(16)15(10-7-11-19(2,3)17)18-12-14-8-5-4-6-9-14/h14H,4-12H2,1-3H3. The van der Waals surface area contributed by atoms with Gasteiger partial charge in [0.1, 0.15) is 0 Å². The van der Waals surface area contributed by atoms with Gasteiger partial charge in [0.25, 0.3) is 0 Å². The second-order valence-corrected chi connectivity index (χ2v) is 9.67. The van der Waals surface area contributed by atoms with Crippen molar-refractivity contribution >= 4 is 13.0 Å². The van der Waals surface area contributed by atoms with Crippen molar-refractivity contribution in [2.45, 2.75) is 45.4 Å². The SMILES string of the molecule is CC(=O)N(CCCP(C)(C)=O)OCC1CCCCC1. The molecule has 1 amide bonds. The van der Waals surface area contributed by atoms with E-state index < -0.39 is 7.14 Å². The van der Waals surface area contributed by atoms with Crippen molar-refractivity contribution in [3.63, 3.8) is 0 Å². The van der Waals surface area contributed by atoms with Crippen molar-refractivity contribution in [2.75, 3.05) is 32.6 Å². The van der Waals surface area contributed by atoms with Gasteiger partial charge in [0.2, 0.25) is 5.91 Å². The Morgan fingerprint density at radius 3 is 2.42 bits per heavy atom. The highest BCUT2D eigenvalue weighted by Crippen LogP contribution is 2.36. The highest BCUT2D eigenvalue weighted by molar-refractivity contribution is 7.62. The molecule has 0 saturated heterocycles.